The van der Waals surface area contributed by atoms with Crippen LogP contribution < -0.4 is 0 Å². The molecule has 72 valence electrons. The second kappa shape index (κ2) is 11.5. The summed E-state index contributed by atoms with van der Waals surface area (Å²) in [6.45, 7) is 2.27. The van der Waals surface area contributed by atoms with E-state index >= 15 is 0 Å². The van der Waals surface area contributed by atoms with Crippen LogP contribution in [0.4, 0.5) is 0 Å². The minimum atomic E-state index is 1.27. The molecule has 0 radical (unpaired) electrons. The van der Waals surface area contributed by atoms with Crippen LogP contribution in [0.1, 0.15) is 58.3 Å². The van der Waals surface area contributed by atoms with Crippen LogP contribution in [0, 0.1) is 0 Å². The summed E-state index contributed by atoms with van der Waals surface area (Å²) in [5, 5.41) is 0. The molecule has 0 fully saturated rings. The first-order valence-corrected chi connectivity index (χ1v) is 6.41. The fourth-order valence-corrected chi connectivity index (χ4v) is 1.64. The van der Waals surface area contributed by atoms with Gasteiger partial charge in [-0.05, 0) is 16.9 Å². The number of allylic oxidation sites excluding steroid dienone is 1. The van der Waals surface area contributed by atoms with E-state index < -0.39 is 0 Å². The highest BCUT2D eigenvalue weighted by molar-refractivity contribution is 14.1. The maximum absolute atomic E-state index is 2.29. The van der Waals surface area contributed by atoms with E-state index in [2.05, 4.69) is 39.7 Å². The summed E-state index contributed by atoms with van der Waals surface area (Å²) < 4.78 is 2.12. The molecule has 12 heavy (non-hydrogen) atoms. The third-order valence-electron chi connectivity index (χ3n) is 2.06. The van der Waals surface area contributed by atoms with Gasteiger partial charge in [-0.2, -0.15) is 0 Å². The van der Waals surface area contributed by atoms with Gasteiger partial charge < -0.3 is 0 Å². The molecule has 0 aromatic heterocycles. The Morgan fingerprint density at radius 3 is 2.08 bits per heavy atom. The fourth-order valence-electron chi connectivity index (χ4n) is 1.28. The van der Waals surface area contributed by atoms with E-state index in [1.165, 1.54) is 51.4 Å². The Kier molecular flexibility index (Phi) is 11.9. The minimum Gasteiger partial charge on any atom is -0.0785 e. The molecule has 0 aliphatic carbocycles. The monoisotopic (exact) mass is 280 g/mol. The van der Waals surface area contributed by atoms with Gasteiger partial charge in [-0.3, -0.25) is 0 Å². The molecule has 0 aromatic rings. The standard InChI is InChI=1S/C11H21I/c1-2-3-4-5-6-7-8-9-10-11-12/h10-11H,2-9H2,1H3/b11-10-. The van der Waals surface area contributed by atoms with Gasteiger partial charge in [0.15, 0.2) is 0 Å². The second-order valence-corrected chi connectivity index (χ2v) is 3.99. The van der Waals surface area contributed by atoms with Crippen LogP contribution in [0.25, 0.3) is 0 Å². The molecular weight excluding hydrogens is 259 g/mol. The van der Waals surface area contributed by atoms with E-state index in [-0.39, 0.29) is 0 Å². The number of unbranched alkanes of at least 4 members (excludes halogenated alkanes) is 7. The summed E-state index contributed by atoms with van der Waals surface area (Å²) in [7, 11) is 0. The molecule has 0 atom stereocenters. The molecule has 1 heteroatoms. The van der Waals surface area contributed by atoms with Crippen LogP contribution in [0.2, 0.25) is 0 Å². The van der Waals surface area contributed by atoms with Gasteiger partial charge in [0.25, 0.3) is 0 Å². The Morgan fingerprint density at radius 2 is 1.50 bits per heavy atom. The number of hydrogen-bond acceptors (Lipinski definition) is 0. The zero-order chi connectivity index (χ0) is 9.07. The molecule has 0 spiro atoms. The van der Waals surface area contributed by atoms with E-state index in [1.54, 1.807) is 0 Å². The lowest BCUT2D eigenvalue weighted by Gasteiger charge is -1.98. The van der Waals surface area contributed by atoms with Crippen LogP contribution >= 0.6 is 22.6 Å². The van der Waals surface area contributed by atoms with E-state index in [1.807, 2.05) is 0 Å². The van der Waals surface area contributed by atoms with E-state index in [4.69, 9.17) is 0 Å². The normalized spacial score (nSPS) is 11.2. The van der Waals surface area contributed by atoms with Gasteiger partial charge in [0, 0.05) is 0 Å². The molecule has 0 amide bonds. The van der Waals surface area contributed by atoms with Crippen molar-refractivity contribution in [3.63, 3.8) is 0 Å². The summed E-state index contributed by atoms with van der Waals surface area (Å²) in [5.41, 5.74) is 0. The molecular formula is C11H21I. The summed E-state index contributed by atoms with van der Waals surface area (Å²) in [6.07, 6.45) is 13.4. The lowest BCUT2D eigenvalue weighted by atomic mass is 10.1. The Labute approximate surface area is 91.0 Å². The molecule has 0 aromatic carbocycles. The summed E-state index contributed by atoms with van der Waals surface area (Å²) in [4.78, 5) is 0. The summed E-state index contributed by atoms with van der Waals surface area (Å²) in [5.74, 6) is 0. The van der Waals surface area contributed by atoms with Crippen molar-refractivity contribution in [2.24, 2.45) is 0 Å². The molecule has 0 aliphatic rings. The zero-order valence-electron chi connectivity index (χ0n) is 8.19. The van der Waals surface area contributed by atoms with Gasteiger partial charge in [0.2, 0.25) is 0 Å². The first-order chi connectivity index (χ1) is 5.91. The molecule has 0 heterocycles. The topological polar surface area (TPSA) is 0 Å². The van der Waals surface area contributed by atoms with Crippen molar-refractivity contribution in [1.82, 2.24) is 0 Å². The van der Waals surface area contributed by atoms with Crippen LogP contribution in [0.15, 0.2) is 10.2 Å². The number of halogens is 1. The van der Waals surface area contributed by atoms with Crippen molar-refractivity contribution < 1.29 is 0 Å². The average molecular weight is 280 g/mol. The molecule has 0 N–H and O–H groups in total. The predicted octanol–water partition coefficient (Wildman–Crippen LogP) is 5.08. The second-order valence-electron chi connectivity index (χ2n) is 3.27. The van der Waals surface area contributed by atoms with Crippen LogP contribution in [0.5, 0.6) is 0 Å². The largest absolute Gasteiger partial charge is 0.0785 e. The molecule has 0 unspecified atom stereocenters. The van der Waals surface area contributed by atoms with Gasteiger partial charge in [-0.25, -0.2) is 0 Å². The third-order valence-corrected chi connectivity index (χ3v) is 2.57. The average Bonchev–Trinajstić information content (AvgIpc) is 2.10. The fraction of sp³-hybridized carbons (Fsp3) is 0.818. The maximum atomic E-state index is 2.29. The highest BCUT2D eigenvalue weighted by atomic mass is 127. The summed E-state index contributed by atoms with van der Waals surface area (Å²) >= 11 is 2.29. The number of hydrogen-bond donors (Lipinski definition) is 0. The zero-order valence-corrected chi connectivity index (χ0v) is 10.3. The quantitative estimate of drug-likeness (QED) is 0.430. The minimum absolute atomic E-state index is 1.27. The Morgan fingerprint density at radius 1 is 0.917 bits per heavy atom. The van der Waals surface area contributed by atoms with Crippen molar-refractivity contribution in [2.75, 3.05) is 0 Å². The van der Waals surface area contributed by atoms with Crippen molar-refractivity contribution in [1.29, 1.82) is 0 Å². The van der Waals surface area contributed by atoms with E-state index in [9.17, 15) is 0 Å². The van der Waals surface area contributed by atoms with Gasteiger partial charge >= 0.3 is 0 Å². The van der Waals surface area contributed by atoms with Crippen molar-refractivity contribution in [2.45, 2.75) is 58.3 Å². The van der Waals surface area contributed by atoms with Crippen LogP contribution in [-0.4, -0.2) is 0 Å². The van der Waals surface area contributed by atoms with E-state index in [0.717, 1.165) is 0 Å². The maximum Gasteiger partial charge on any atom is -0.0274 e. The SMILES string of the molecule is CCCCCCCCC/C=C\I. The lowest BCUT2D eigenvalue weighted by Crippen LogP contribution is -1.78. The third kappa shape index (κ3) is 10.5. The highest BCUT2D eigenvalue weighted by Gasteiger charge is 1.88. The first-order valence-electron chi connectivity index (χ1n) is 5.17. The van der Waals surface area contributed by atoms with Crippen LogP contribution in [0.3, 0.4) is 0 Å². The van der Waals surface area contributed by atoms with Gasteiger partial charge in [-0.15, -0.1) is 0 Å². The van der Waals surface area contributed by atoms with Gasteiger partial charge in [0.1, 0.15) is 0 Å². The van der Waals surface area contributed by atoms with Crippen molar-refractivity contribution in [3.05, 3.63) is 10.2 Å². The highest BCUT2D eigenvalue weighted by Crippen LogP contribution is 2.08. The van der Waals surface area contributed by atoms with Gasteiger partial charge in [0.05, 0.1) is 0 Å². The number of rotatable bonds is 8. The van der Waals surface area contributed by atoms with Gasteiger partial charge in [-0.1, -0.05) is 74.1 Å². The lowest BCUT2D eigenvalue weighted by molar-refractivity contribution is 0.592. The Balaban J connectivity index is 2.81. The Bertz CT molecular complexity index is 97.2. The molecule has 0 nitrogen and oxygen atoms in total. The first kappa shape index (κ1) is 12.5. The molecule has 0 saturated carbocycles. The van der Waals surface area contributed by atoms with Crippen LogP contribution in [-0.2, 0) is 0 Å². The van der Waals surface area contributed by atoms with E-state index in [0.29, 0.717) is 0 Å². The Hall–Kier alpha value is 0.470. The predicted molar refractivity (Wildman–Crippen MR) is 65.8 cm³/mol. The molecule has 0 saturated heterocycles. The molecule has 0 aliphatic heterocycles. The molecule has 0 rings (SSSR count). The van der Waals surface area contributed by atoms with Crippen molar-refractivity contribution in [3.8, 4) is 0 Å². The van der Waals surface area contributed by atoms with Crippen molar-refractivity contribution >= 4 is 22.6 Å². The molecule has 0 bridgehead atoms. The summed E-state index contributed by atoms with van der Waals surface area (Å²) in [6, 6.07) is 0. The smallest absolute Gasteiger partial charge is 0.0274 e.